The van der Waals surface area contributed by atoms with Crippen molar-refractivity contribution in [2.45, 2.75) is 17.4 Å². The average Bonchev–Trinajstić information content (AvgIpc) is 3.04. The topological polar surface area (TPSA) is 104 Å². The first-order valence-electron chi connectivity index (χ1n) is 10.2. The third-order valence-electron chi connectivity index (χ3n) is 5.39. The quantitative estimate of drug-likeness (QED) is 0.272. The van der Waals surface area contributed by atoms with Crippen molar-refractivity contribution < 1.29 is 32.2 Å². The van der Waals surface area contributed by atoms with Crippen LogP contribution in [0.25, 0.3) is 5.76 Å². The third-order valence-corrected chi connectivity index (χ3v) is 7.22. The molecule has 0 aliphatic carbocycles. The summed E-state index contributed by atoms with van der Waals surface area (Å²) >= 11 is 0. The predicted octanol–water partition coefficient (Wildman–Crippen LogP) is 2.53. The van der Waals surface area contributed by atoms with Crippen molar-refractivity contribution in [1.29, 1.82) is 0 Å². The molecule has 8 nitrogen and oxygen atoms in total. The molecule has 33 heavy (non-hydrogen) atoms. The number of hydrogen-bond acceptors (Lipinski definition) is 6. The zero-order valence-corrected chi connectivity index (χ0v) is 19.3. The Morgan fingerprint density at radius 2 is 1.76 bits per heavy atom. The van der Waals surface area contributed by atoms with Crippen LogP contribution in [0.3, 0.4) is 0 Å². The molecule has 176 valence electrons. The Hall–Kier alpha value is -3.08. The zero-order chi connectivity index (χ0) is 24.3. The van der Waals surface area contributed by atoms with E-state index in [0.717, 1.165) is 4.31 Å². The van der Waals surface area contributed by atoms with Crippen LogP contribution in [0.1, 0.15) is 23.6 Å². The Morgan fingerprint density at radius 3 is 2.33 bits per heavy atom. The van der Waals surface area contributed by atoms with Gasteiger partial charge in [0, 0.05) is 45.5 Å². The van der Waals surface area contributed by atoms with Crippen molar-refractivity contribution in [3.8, 4) is 0 Å². The largest absolute Gasteiger partial charge is 0.507 e. The molecular formula is C23H25FN2O6S. The minimum absolute atomic E-state index is 0.00489. The van der Waals surface area contributed by atoms with E-state index in [4.69, 9.17) is 4.74 Å². The molecule has 1 amide bonds. The molecule has 1 N–H and O–H groups in total. The molecule has 1 atom stereocenters. The molecule has 1 aliphatic rings. The molecule has 1 fully saturated rings. The number of amides is 1. The first-order chi connectivity index (χ1) is 15.6. The Balaban J connectivity index is 2.12. The number of rotatable bonds is 8. The van der Waals surface area contributed by atoms with Crippen molar-refractivity contribution in [1.82, 2.24) is 9.21 Å². The lowest BCUT2D eigenvalue weighted by Gasteiger charge is -2.25. The molecule has 10 heteroatoms. The van der Waals surface area contributed by atoms with Gasteiger partial charge >= 0.3 is 0 Å². The lowest BCUT2D eigenvalue weighted by Crippen LogP contribution is -2.31. The summed E-state index contributed by atoms with van der Waals surface area (Å²) in [5.74, 6) is -2.93. The smallest absolute Gasteiger partial charge is 0.295 e. The van der Waals surface area contributed by atoms with E-state index in [9.17, 15) is 27.5 Å². The van der Waals surface area contributed by atoms with Crippen molar-refractivity contribution in [3.63, 3.8) is 0 Å². The first-order valence-corrected chi connectivity index (χ1v) is 11.6. The molecule has 2 aromatic rings. The summed E-state index contributed by atoms with van der Waals surface area (Å²) in [7, 11) is 0.592. The molecule has 1 heterocycles. The number of sulfonamides is 1. The highest BCUT2D eigenvalue weighted by Gasteiger charge is 2.46. The minimum atomic E-state index is -3.69. The molecule has 0 spiro atoms. The van der Waals surface area contributed by atoms with Crippen LogP contribution in [-0.2, 0) is 24.3 Å². The number of aliphatic hydroxyl groups excluding tert-OH is 1. The number of halogens is 1. The van der Waals surface area contributed by atoms with E-state index < -0.39 is 39.3 Å². The summed E-state index contributed by atoms with van der Waals surface area (Å²) < 4.78 is 45.4. The Labute approximate surface area is 191 Å². The highest BCUT2D eigenvalue weighted by molar-refractivity contribution is 7.89. The maximum atomic E-state index is 14.7. The Kier molecular flexibility index (Phi) is 7.31. The summed E-state index contributed by atoms with van der Waals surface area (Å²) in [6, 6.07) is 9.85. The lowest BCUT2D eigenvalue weighted by atomic mass is 9.95. The van der Waals surface area contributed by atoms with Gasteiger partial charge in [0.2, 0.25) is 10.0 Å². The average molecular weight is 477 g/mol. The number of ketones is 1. The second-order valence-corrected chi connectivity index (χ2v) is 9.82. The van der Waals surface area contributed by atoms with Gasteiger partial charge in [0.1, 0.15) is 11.6 Å². The molecule has 0 saturated carbocycles. The van der Waals surface area contributed by atoms with Gasteiger partial charge in [-0.2, -0.15) is 0 Å². The van der Waals surface area contributed by atoms with E-state index in [1.807, 2.05) is 0 Å². The lowest BCUT2D eigenvalue weighted by molar-refractivity contribution is -0.140. The SMILES string of the molecule is COCCCN1C(=O)C(=O)C(=C(O)c2ccc(S(=O)(=O)N(C)C)cc2)[C@H]1c1ccccc1F. The van der Waals surface area contributed by atoms with Gasteiger partial charge in [-0.25, -0.2) is 17.1 Å². The number of Topliss-reactive ketones (excluding diaryl/α,β-unsaturated/α-hetero) is 1. The fourth-order valence-corrected chi connectivity index (χ4v) is 4.56. The van der Waals surface area contributed by atoms with Crippen molar-refractivity contribution in [2.24, 2.45) is 0 Å². The monoisotopic (exact) mass is 476 g/mol. The van der Waals surface area contributed by atoms with Crippen molar-refractivity contribution in [2.75, 3.05) is 34.4 Å². The molecule has 1 aliphatic heterocycles. The second kappa shape index (κ2) is 9.82. The fraction of sp³-hybridized carbons (Fsp3) is 0.304. The molecule has 0 unspecified atom stereocenters. The summed E-state index contributed by atoms with van der Waals surface area (Å²) in [6.07, 6.45) is 0.408. The molecule has 0 aromatic heterocycles. The van der Waals surface area contributed by atoms with Crippen LogP contribution in [-0.4, -0.2) is 68.8 Å². The van der Waals surface area contributed by atoms with Crippen LogP contribution in [0.4, 0.5) is 4.39 Å². The molecule has 0 radical (unpaired) electrons. The number of carbonyl (C=O) groups is 2. The highest BCUT2D eigenvalue weighted by Crippen LogP contribution is 2.40. The van der Waals surface area contributed by atoms with E-state index in [-0.39, 0.29) is 28.1 Å². The van der Waals surface area contributed by atoms with Gasteiger partial charge in [0.05, 0.1) is 16.5 Å². The predicted molar refractivity (Wildman–Crippen MR) is 119 cm³/mol. The van der Waals surface area contributed by atoms with Crippen LogP contribution in [0.5, 0.6) is 0 Å². The number of benzene rings is 2. The van der Waals surface area contributed by atoms with Gasteiger partial charge in [-0.3, -0.25) is 9.59 Å². The maximum Gasteiger partial charge on any atom is 0.295 e. The van der Waals surface area contributed by atoms with E-state index in [0.29, 0.717) is 13.0 Å². The van der Waals surface area contributed by atoms with E-state index in [1.54, 1.807) is 6.07 Å². The fourth-order valence-electron chi connectivity index (χ4n) is 3.66. The van der Waals surface area contributed by atoms with Gasteiger partial charge in [-0.05, 0) is 36.8 Å². The van der Waals surface area contributed by atoms with Gasteiger partial charge < -0.3 is 14.7 Å². The molecule has 2 aromatic carbocycles. The zero-order valence-electron chi connectivity index (χ0n) is 18.5. The summed E-state index contributed by atoms with van der Waals surface area (Å²) in [5, 5.41) is 11.0. The summed E-state index contributed by atoms with van der Waals surface area (Å²) in [6.45, 7) is 0.447. The van der Waals surface area contributed by atoms with Gasteiger partial charge in [0.15, 0.2) is 0 Å². The number of nitrogens with zero attached hydrogens (tertiary/aromatic N) is 2. The van der Waals surface area contributed by atoms with Crippen LogP contribution in [0.2, 0.25) is 0 Å². The van der Waals surface area contributed by atoms with Gasteiger partial charge in [0.25, 0.3) is 11.7 Å². The maximum absolute atomic E-state index is 14.7. The van der Waals surface area contributed by atoms with Crippen LogP contribution >= 0.6 is 0 Å². The van der Waals surface area contributed by atoms with E-state index >= 15 is 0 Å². The van der Waals surface area contributed by atoms with E-state index in [2.05, 4.69) is 0 Å². The Morgan fingerprint density at radius 1 is 1.12 bits per heavy atom. The number of likely N-dealkylation sites (tertiary alicyclic amines) is 1. The number of hydrogen-bond donors (Lipinski definition) is 1. The molecular weight excluding hydrogens is 451 g/mol. The molecule has 0 bridgehead atoms. The van der Waals surface area contributed by atoms with Gasteiger partial charge in [-0.1, -0.05) is 18.2 Å². The number of ether oxygens (including phenoxy) is 1. The number of aliphatic hydroxyl groups is 1. The Bertz CT molecular complexity index is 1190. The summed E-state index contributed by atoms with van der Waals surface area (Å²) in [4.78, 5) is 26.9. The summed E-state index contributed by atoms with van der Waals surface area (Å²) in [5.41, 5.74) is -0.0582. The normalized spacial score (nSPS) is 18.3. The molecule has 1 saturated heterocycles. The first kappa shape index (κ1) is 24.6. The standard InChI is InChI=1S/C23H25FN2O6S/c1-25(2)33(30,31)16-11-9-15(10-12-16)21(27)19-20(17-7-4-5-8-18(17)24)26(13-6-14-32-3)23(29)22(19)28/h4-5,7-12,20,27H,6,13-14H2,1-3H3/t20-/m1/s1. The van der Waals surface area contributed by atoms with Crippen molar-refractivity contribution >= 4 is 27.5 Å². The van der Waals surface area contributed by atoms with Crippen LogP contribution < -0.4 is 0 Å². The van der Waals surface area contributed by atoms with Crippen molar-refractivity contribution in [3.05, 3.63) is 71.0 Å². The third kappa shape index (κ3) is 4.68. The van der Waals surface area contributed by atoms with Crippen LogP contribution in [0, 0.1) is 5.82 Å². The minimum Gasteiger partial charge on any atom is -0.507 e. The number of methoxy groups -OCH3 is 1. The molecule has 3 rings (SSSR count). The van der Waals surface area contributed by atoms with E-state index in [1.165, 1.54) is 68.6 Å². The van der Waals surface area contributed by atoms with Crippen LogP contribution in [0.15, 0.2) is 59.0 Å². The number of carbonyl (C=O) groups excluding carboxylic acids is 2. The second-order valence-electron chi connectivity index (χ2n) is 7.67. The van der Waals surface area contributed by atoms with Gasteiger partial charge in [-0.15, -0.1) is 0 Å². The highest BCUT2D eigenvalue weighted by atomic mass is 32.2.